The Hall–Kier alpha value is -6.40. The minimum absolute atomic E-state index is 0.530. The van der Waals surface area contributed by atoms with Crippen LogP contribution in [-0.2, 0) is 0 Å². The van der Waals surface area contributed by atoms with Crippen molar-refractivity contribution in [2.24, 2.45) is 0 Å². The van der Waals surface area contributed by atoms with Gasteiger partial charge in [0, 0.05) is 44.8 Å². The number of rotatable bonds is 4. The Morgan fingerprint density at radius 2 is 0.780 bits per heavy atom. The van der Waals surface area contributed by atoms with E-state index in [4.69, 9.17) is 9.97 Å². The minimum atomic E-state index is -0.544. The molecular weight excluding hydrogens is 623 g/mol. The van der Waals surface area contributed by atoms with Crippen molar-refractivity contribution in [3.63, 3.8) is 0 Å². The summed E-state index contributed by atoms with van der Waals surface area (Å²) < 4.78 is 30.0. The smallest absolute Gasteiger partial charge is 0.214 e. The monoisotopic (exact) mass is 650 g/mol. The van der Waals surface area contributed by atoms with Crippen LogP contribution >= 0.6 is 0 Å². The lowest BCUT2D eigenvalue weighted by Gasteiger charge is -2.14. The van der Waals surface area contributed by atoms with Gasteiger partial charge in [0.2, 0.25) is 11.9 Å². The maximum atomic E-state index is 15.0. The van der Waals surface area contributed by atoms with E-state index in [0.29, 0.717) is 22.1 Å². The zero-order chi connectivity index (χ0) is 33.9. The van der Waals surface area contributed by atoms with Gasteiger partial charge in [-0.05, 0) is 71.5 Å². The van der Waals surface area contributed by atoms with Crippen molar-refractivity contribution in [2.45, 2.75) is 13.8 Å². The third-order valence-corrected chi connectivity index (χ3v) is 9.51. The summed E-state index contributed by atoms with van der Waals surface area (Å²) in [5.74, 6) is -1.09. The molecule has 0 aliphatic rings. The lowest BCUT2D eigenvalue weighted by atomic mass is 9.94. The highest BCUT2D eigenvalue weighted by atomic mass is 19.1. The molecule has 0 aliphatic heterocycles. The first-order valence-corrected chi connectivity index (χ1v) is 16.4. The highest BCUT2D eigenvalue weighted by Gasteiger charge is 2.17. The average Bonchev–Trinajstić information content (AvgIpc) is 3.15. The van der Waals surface area contributed by atoms with Gasteiger partial charge in [-0.3, -0.25) is 0 Å². The molecule has 0 radical (unpaired) electrons. The SMILES string of the molecule is Cc1cc(-c2ccc3ccc4c(-c5ccccc5)cc(F)nc4c3n2)c(C)cc1-c1ccc2ccc3c(-c4ccccc4)cc(F)nc3c2n1. The number of nitrogens with zero attached hydrogens (tertiary/aromatic N) is 4. The summed E-state index contributed by atoms with van der Waals surface area (Å²) in [5.41, 5.74) is 11.3. The maximum Gasteiger partial charge on any atom is 0.214 e. The predicted molar refractivity (Wildman–Crippen MR) is 199 cm³/mol. The molecule has 50 heavy (non-hydrogen) atoms. The molecule has 9 aromatic rings. The molecule has 4 aromatic heterocycles. The van der Waals surface area contributed by atoms with Crippen LogP contribution < -0.4 is 0 Å². The molecule has 0 amide bonds. The van der Waals surface area contributed by atoms with E-state index in [-0.39, 0.29) is 0 Å². The fraction of sp³-hybridized carbons (Fsp3) is 0.0455. The van der Waals surface area contributed by atoms with Gasteiger partial charge in [-0.2, -0.15) is 8.78 Å². The molecule has 6 heteroatoms. The predicted octanol–water partition coefficient (Wildman–Crippen LogP) is 11.4. The highest BCUT2D eigenvalue weighted by Crippen LogP contribution is 2.37. The highest BCUT2D eigenvalue weighted by molar-refractivity contribution is 6.10. The van der Waals surface area contributed by atoms with Gasteiger partial charge < -0.3 is 0 Å². The molecule has 9 rings (SSSR count). The van der Waals surface area contributed by atoms with Crippen molar-refractivity contribution in [1.29, 1.82) is 0 Å². The summed E-state index contributed by atoms with van der Waals surface area (Å²) in [6.45, 7) is 4.11. The summed E-state index contributed by atoms with van der Waals surface area (Å²) in [5, 5.41) is 3.46. The van der Waals surface area contributed by atoms with E-state index in [1.54, 1.807) is 0 Å². The van der Waals surface area contributed by atoms with E-state index in [1.165, 1.54) is 12.1 Å². The first-order chi connectivity index (χ1) is 24.4. The van der Waals surface area contributed by atoms with Crippen molar-refractivity contribution < 1.29 is 8.78 Å². The van der Waals surface area contributed by atoms with Crippen molar-refractivity contribution in [1.82, 2.24) is 19.9 Å². The standard InChI is InChI=1S/C44H28F2N4/c1-25-21-34(38-20-16-30-14-18-32-36(28-11-7-4-8-12-28)24-40(46)50-44(32)42(30)48-38)26(2)22-33(25)37-19-15-29-13-17-31-35(27-9-5-3-6-10-27)23-39(45)49-43(31)41(29)47-37/h3-24H,1-2H3. The number of hydrogen-bond acceptors (Lipinski definition) is 4. The Kier molecular flexibility index (Phi) is 6.92. The molecule has 0 unspecified atom stereocenters. The molecule has 4 nitrogen and oxygen atoms in total. The van der Waals surface area contributed by atoms with Gasteiger partial charge in [0.05, 0.1) is 22.4 Å². The van der Waals surface area contributed by atoms with Crippen LogP contribution in [-0.4, -0.2) is 19.9 Å². The van der Waals surface area contributed by atoms with E-state index in [0.717, 1.165) is 77.4 Å². The molecule has 0 saturated heterocycles. The van der Waals surface area contributed by atoms with E-state index in [2.05, 4.69) is 35.9 Å². The summed E-state index contributed by atoms with van der Waals surface area (Å²) in [6.07, 6.45) is 0. The van der Waals surface area contributed by atoms with Crippen LogP contribution in [0.3, 0.4) is 0 Å². The fourth-order valence-electron chi connectivity index (χ4n) is 7.06. The largest absolute Gasteiger partial charge is 0.245 e. The average molecular weight is 651 g/mol. The lowest BCUT2D eigenvalue weighted by Crippen LogP contribution is -1.96. The quantitative estimate of drug-likeness (QED) is 0.140. The molecule has 0 saturated carbocycles. The molecule has 4 heterocycles. The van der Waals surface area contributed by atoms with Crippen LogP contribution in [0.15, 0.2) is 133 Å². The van der Waals surface area contributed by atoms with Crippen LogP contribution in [0.2, 0.25) is 0 Å². The summed E-state index contributed by atoms with van der Waals surface area (Å²) >= 11 is 0. The minimum Gasteiger partial charge on any atom is -0.245 e. The Morgan fingerprint density at radius 3 is 1.20 bits per heavy atom. The van der Waals surface area contributed by atoms with Gasteiger partial charge in [0.1, 0.15) is 11.0 Å². The zero-order valence-corrected chi connectivity index (χ0v) is 27.2. The lowest BCUT2D eigenvalue weighted by molar-refractivity contribution is 0.589. The van der Waals surface area contributed by atoms with E-state index >= 15 is 0 Å². The third kappa shape index (κ3) is 4.96. The molecule has 238 valence electrons. The Balaban J connectivity index is 1.16. The Bertz CT molecular complexity index is 2600. The van der Waals surface area contributed by atoms with Gasteiger partial charge in [-0.15, -0.1) is 0 Å². The first-order valence-electron chi connectivity index (χ1n) is 16.4. The molecule has 0 atom stereocenters. The van der Waals surface area contributed by atoms with Crippen molar-refractivity contribution in [3.8, 4) is 44.8 Å². The van der Waals surface area contributed by atoms with Crippen LogP contribution in [0, 0.1) is 25.7 Å². The number of benzene rings is 5. The summed E-state index contributed by atoms with van der Waals surface area (Å²) in [4.78, 5) is 18.8. The molecular formula is C44H28F2N4. The molecule has 0 bridgehead atoms. The second-order valence-corrected chi connectivity index (χ2v) is 12.7. The number of fused-ring (bicyclic) bond motifs is 6. The van der Waals surface area contributed by atoms with Gasteiger partial charge in [0.15, 0.2) is 0 Å². The summed E-state index contributed by atoms with van der Waals surface area (Å²) in [6, 6.07) is 42.8. The first kappa shape index (κ1) is 29.7. The van der Waals surface area contributed by atoms with Crippen molar-refractivity contribution in [2.75, 3.05) is 0 Å². The topological polar surface area (TPSA) is 51.6 Å². The normalized spacial score (nSPS) is 11.6. The van der Waals surface area contributed by atoms with Crippen molar-refractivity contribution in [3.05, 3.63) is 156 Å². The number of aryl methyl sites for hydroxylation is 2. The summed E-state index contributed by atoms with van der Waals surface area (Å²) in [7, 11) is 0. The number of aromatic nitrogens is 4. The van der Waals surface area contributed by atoms with E-state index < -0.39 is 11.9 Å². The van der Waals surface area contributed by atoms with Crippen LogP contribution in [0.4, 0.5) is 8.78 Å². The van der Waals surface area contributed by atoms with E-state index in [9.17, 15) is 8.78 Å². The number of hydrogen-bond donors (Lipinski definition) is 0. The van der Waals surface area contributed by atoms with Gasteiger partial charge in [0.25, 0.3) is 0 Å². The number of halogens is 2. The van der Waals surface area contributed by atoms with Crippen molar-refractivity contribution >= 4 is 43.6 Å². The van der Waals surface area contributed by atoms with Crippen LogP contribution in [0.5, 0.6) is 0 Å². The molecule has 0 fully saturated rings. The molecule has 0 spiro atoms. The Morgan fingerprint density at radius 1 is 0.380 bits per heavy atom. The Labute approximate surface area is 286 Å². The third-order valence-electron chi connectivity index (χ3n) is 9.51. The van der Waals surface area contributed by atoms with Gasteiger partial charge in [-0.1, -0.05) is 97.1 Å². The second kappa shape index (κ2) is 11.6. The fourth-order valence-corrected chi connectivity index (χ4v) is 7.06. The van der Waals surface area contributed by atoms with E-state index in [1.807, 2.05) is 109 Å². The molecule has 0 aliphatic carbocycles. The van der Waals surface area contributed by atoms with Crippen LogP contribution in [0.1, 0.15) is 11.1 Å². The zero-order valence-electron chi connectivity index (χ0n) is 27.2. The molecule has 0 N–H and O–H groups in total. The van der Waals surface area contributed by atoms with Gasteiger partial charge in [-0.25, -0.2) is 19.9 Å². The second-order valence-electron chi connectivity index (χ2n) is 12.7. The maximum absolute atomic E-state index is 15.0. The van der Waals surface area contributed by atoms with Crippen LogP contribution in [0.25, 0.3) is 88.4 Å². The number of pyridine rings is 4. The molecule has 5 aromatic carbocycles. The van der Waals surface area contributed by atoms with Gasteiger partial charge >= 0.3 is 0 Å².